The summed E-state index contributed by atoms with van der Waals surface area (Å²) in [5.74, 6) is -1.09. The van der Waals surface area contributed by atoms with Gasteiger partial charge in [-0.15, -0.1) is 0 Å². The zero-order chi connectivity index (χ0) is 17.9. The molecular formula is C20H24O5. The minimum Gasteiger partial charge on any atom is -0.464 e. The highest BCUT2D eigenvalue weighted by Crippen LogP contribution is 2.77. The summed E-state index contributed by atoms with van der Waals surface area (Å²) in [6.07, 6.45) is 1.88. The Bertz CT molecular complexity index is 751. The lowest BCUT2D eigenvalue weighted by Crippen LogP contribution is -2.63. The van der Waals surface area contributed by atoms with E-state index < -0.39 is 16.8 Å². The van der Waals surface area contributed by atoms with Gasteiger partial charge >= 0.3 is 5.97 Å². The topological polar surface area (TPSA) is 80.7 Å². The summed E-state index contributed by atoms with van der Waals surface area (Å²) in [4.78, 5) is 39.3. The van der Waals surface area contributed by atoms with Crippen LogP contribution in [0.1, 0.15) is 33.1 Å². The largest absolute Gasteiger partial charge is 0.464 e. The van der Waals surface area contributed by atoms with Crippen molar-refractivity contribution in [1.29, 1.82) is 0 Å². The lowest BCUT2D eigenvalue weighted by Gasteiger charge is -2.53. The number of allylic oxidation sites excluding steroid dienone is 1. The molecule has 4 saturated carbocycles. The van der Waals surface area contributed by atoms with Crippen molar-refractivity contribution in [1.82, 2.24) is 0 Å². The molecule has 25 heavy (non-hydrogen) atoms. The van der Waals surface area contributed by atoms with E-state index in [0.29, 0.717) is 18.4 Å². The predicted molar refractivity (Wildman–Crippen MR) is 87.1 cm³/mol. The molecule has 2 bridgehead atoms. The van der Waals surface area contributed by atoms with Gasteiger partial charge in [0.25, 0.3) is 0 Å². The molecule has 1 N–H and O–H groups in total. The summed E-state index contributed by atoms with van der Waals surface area (Å²) >= 11 is 0. The summed E-state index contributed by atoms with van der Waals surface area (Å²) in [7, 11) is 0. The molecule has 0 aromatic carbocycles. The number of fused-ring (bicyclic) bond motifs is 3. The van der Waals surface area contributed by atoms with Gasteiger partial charge in [-0.05, 0) is 48.0 Å². The normalized spacial score (nSPS) is 52.2. The van der Waals surface area contributed by atoms with Gasteiger partial charge in [0.1, 0.15) is 17.8 Å². The van der Waals surface area contributed by atoms with E-state index in [-0.39, 0.29) is 59.8 Å². The molecule has 0 aromatic heterocycles. The van der Waals surface area contributed by atoms with E-state index in [1.807, 2.05) is 0 Å². The minimum absolute atomic E-state index is 0.0236. The van der Waals surface area contributed by atoms with Gasteiger partial charge in [-0.3, -0.25) is 14.4 Å². The number of ether oxygens (including phenoxy) is 1. The van der Waals surface area contributed by atoms with Crippen molar-refractivity contribution in [3.8, 4) is 0 Å². The highest BCUT2D eigenvalue weighted by atomic mass is 16.5. The van der Waals surface area contributed by atoms with E-state index in [9.17, 15) is 19.5 Å². The quantitative estimate of drug-likeness (QED) is 0.443. The Morgan fingerprint density at radius 3 is 2.64 bits per heavy atom. The van der Waals surface area contributed by atoms with E-state index in [2.05, 4.69) is 20.4 Å². The van der Waals surface area contributed by atoms with Crippen molar-refractivity contribution >= 4 is 17.5 Å². The Labute approximate surface area is 146 Å². The summed E-state index contributed by atoms with van der Waals surface area (Å²) in [6, 6.07) is 0. The molecule has 0 amide bonds. The Morgan fingerprint density at radius 1 is 1.24 bits per heavy atom. The number of hydrogen-bond donors (Lipinski definition) is 1. The zero-order valence-electron chi connectivity index (χ0n) is 14.7. The third-order valence-corrected chi connectivity index (χ3v) is 8.53. The van der Waals surface area contributed by atoms with Crippen molar-refractivity contribution in [2.45, 2.75) is 33.1 Å². The SMILES string of the molecule is C=C1C(=O)[C@]23C[C@H]1CC[C@H]2[C@]1(COC3=O)C(=O)[C@H]2[C@@H]([C@@H]1CO)C2(C)C. The molecule has 1 aliphatic heterocycles. The van der Waals surface area contributed by atoms with Crippen LogP contribution in [0.25, 0.3) is 0 Å². The van der Waals surface area contributed by atoms with E-state index in [1.54, 1.807) is 0 Å². The van der Waals surface area contributed by atoms with Crippen molar-refractivity contribution in [3.05, 3.63) is 12.2 Å². The number of rotatable bonds is 1. The third kappa shape index (κ3) is 1.39. The van der Waals surface area contributed by atoms with Crippen LogP contribution in [0.2, 0.25) is 0 Å². The molecule has 134 valence electrons. The van der Waals surface area contributed by atoms with Crippen molar-refractivity contribution in [2.75, 3.05) is 13.2 Å². The highest BCUT2D eigenvalue weighted by Gasteiger charge is 2.82. The van der Waals surface area contributed by atoms with Crippen molar-refractivity contribution in [3.63, 3.8) is 0 Å². The van der Waals surface area contributed by atoms with E-state index in [1.165, 1.54) is 0 Å². The van der Waals surface area contributed by atoms with Crippen LogP contribution in [-0.2, 0) is 19.1 Å². The Balaban J connectivity index is 1.67. The maximum atomic E-state index is 13.5. The third-order valence-electron chi connectivity index (χ3n) is 8.53. The number of hydrogen-bond acceptors (Lipinski definition) is 5. The van der Waals surface area contributed by atoms with Crippen LogP contribution >= 0.6 is 0 Å². The molecule has 5 heteroatoms. The first-order valence-corrected chi connectivity index (χ1v) is 9.30. The highest BCUT2D eigenvalue weighted by molar-refractivity contribution is 6.16. The van der Waals surface area contributed by atoms with Gasteiger partial charge in [0.15, 0.2) is 5.78 Å². The molecule has 2 spiro atoms. The van der Waals surface area contributed by atoms with Gasteiger partial charge in [-0.2, -0.15) is 0 Å². The summed E-state index contributed by atoms with van der Waals surface area (Å²) in [5, 5.41) is 10.2. The first-order chi connectivity index (χ1) is 11.7. The zero-order valence-corrected chi connectivity index (χ0v) is 14.7. The van der Waals surface area contributed by atoms with Crippen LogP contribution in [0.3, 0.4) is 0 Å². The van der Waals surface area contributed by atoms with Gasteiger partial charge in [-0.1, -0.05) is 20.4 Å². The number of carbonyl (C=O) groups excluding carboxylic acids is 3. The van der Waals surface area contributed by atoms with Gasteiger partial charge in [0, 0.05) is 18.4 Å². The molecule has 0 aromatic rings. The Morgan fingerprint density at radius 2 is 1.96 bits per heavy atom. The monoisotopic (exact) mass is 344 g/mol. The molecule has 5 nitrogen and oxygen atoms in total. The fraction of sp³-hybridized carbons (Fsp3) is 0.750. The standard InChI is InChI=1S/C20H24O5/c1-9-10-4-5-12-19(6-10,15(9)22)17(24)25-8-20(12)11(7-21)13-14(16(20)23)18(13,2)3/h10-14,21H,1,4-8H2,2-3H3/t10-,11+,12-,13-,14-,19+,20-/m1/s1. The maximum absolute atomic E-state index is 13.5. The average molecular weight is 344 g/mol. The summed E-state index contributed by atoms with van der Waals surface area (Å²) in [5.41, 5.74) is -1.71. The second-order valence-corrected chi connectivity index (χ2v) is 9.45. The van der Waals surface area contributed by atoms with Gasteiger partial charge in [0.2, 0.25) is 0 Å². The fourth-order valence-corrected chi connectivity index (χ4v) is 7.30. The van der Waals surface area contributed by atoms with Crippen LogP contribution in [0.4, 0.5) is 0 Å². The van der Waals surface area contributed by atoms with Crippen LogP contribution in [0.5, 0.6) is 0 Å². The second-order valence-electron chi connectivity index (χ2n) is 9.45. The number of cyclic esters (lactones) is 1. The van der Waals surface area contributed by atoms with Gasteiger partial charge in [-0.25, -0.2) is 0 Å². The first kappa shape index (κ1) is 15.7. The van der Waals surface area contributed by atoms with Crippen molar-refractivity contribution in [2.24, 2.45) is 45.8 Å². The molecule has 5 aliphatic rings. The number of carbonyl (C=O) groups is 3. The van der Waals surface area contributed by atoms with Gasteiger partial charge < -0.3 is 9.84 Å². The van der Waals surface area contributed by atoms with E-state index in [4.69, 9.17) is 4.74 Å². The number of Topliss-reactive ketones (excluding diaryl/α,β-unsaturated/α-hetero) is 2. The fourth-order valence-electron chi connectivity index (χ4n) is 7.30. The number of aliphatic hydroxyl groups excluding tert-OH is 1. The van der Waals surface area contributed by atoms with Crippen LogP contribution in [-0.4, -0.2) is 35.9 Å². The number of aliphatic hydroxyl groups is 1. The number of esters is 1. The summed E-state index contributed by atoms with van der Waals surface area (Å²) < 4.78 is 5.53. The van der Waals surface area contributed by atoms with Crippen molar-refractivity contribution < 1.29 is 24.2 Å². The van der Waals surface area contributed by atoms with Crippen LogP contribution in [0, 0.1) is 45.8 Å². The second kappa shape index (κ2) is 4.25. The average Bonchev–Trinajstić information content (AvgIpc) is 2.96. The van der Waals surface area contributed by atoms with E-state index in [0.717, 1.165) is 6.42 Å². The molecule has 0 unspecified atom stereocenters. The molecule has 0 radical (unpaired) electrons. The first-order valence-electron chi connectivity index (χ1n) is 9.30. The van der Waals surface area contributed by atoms with Crippen LogP contribution < -0.4 is 0 Å². The minimum atomic E-state index is -1.23. The Hall–Kier alpha value is -1.49. The lowest BCUT2D eigenvalue weighted by atomic mass is 9.50. The molecule has 1 saturated heterocycles. The number of ketones is 2. The van der Waals surface area contributed by atoms with Gasteiger partial charge in [0.05, 0.1) is 5.41 Å². The maximum Gasteiger partial charge on any atom is 0.320 e. The molecule has 5 rings (SSSR count). The smallest absolute Gasteiger partial charge is 0.320 e. The molecule has 1 heterocycles. The molecule has 7 atom stereocenters. The Kier molecular flexibility index (Phi) is 2.68. The molecule has 4 aliphatic carbocycles. The predicted octanol–water partition coefficient (Wildman–Crippen LogP) is 1.53. The molecular weight excluding hydrogens is 320 g/mol. The van der Waals surface area contributed by atoms with Crippen LogP contribution in [0.15, 0.2) is 12.2 Å². The van der Waals surface area contributed by atoms with E-state index >= 15 is 0 Å². The molecule has 5 fully saturated rings. The lowest BCUT2D eigenvalue weighted by molar-refractivity contribution is -0.200. The summed E-state index contributed by atoms with van der Waals surface area (Å²) in [6.45, 7) is 7.99.